The molecule has 0 saturated carbocycles. The van der Waals surface area contributed by atoms with Crippen LogP contribution in [0.1, 0.15) is 38.0 Å². The smallest absolute Gasteiger partial charge is 0.229 e. The zero-order chi connectivity index (χ0) is 18.3. The second-order valence-electron chi connectivity index (χ2n) is 6.17. The van der Waals surface area contributed by atoms with E-state index in [2.05, 4.69) is 15.6 Å². The van der Waals surface area contributed by atoms with E-state index in [1.54, 1.807) is 6.92 Å². The van der Waals surface area contributed by atoms with Crippen molar-refractivity contribution in [1.29, 1.82) is 0 Å². The fraction of sp³-hybridized carbons (Fsp3) is 0.588. The average Bonchev–Trinajstić information content (AvgIpc) is 3.11. The Labute approximate surface area is 152 Å². The Bertz CT molecular complexity index is 597. The quantitative estimate of drug-likeness (QED) is 0.381. The molecule has 0 radical (unpaired) electrons. The Morgan fingerprint density at radius 3 is 2.68 bits per heavy atom. The minimum atomic E-state index is -1.03. The molecule has 25 heavy (non-hydrogen) atoms. The third-order valence-electron chi connectivity index (χ3n) is 3.95. The molecular weight excluding hydrogens is 340 g/mol. The maximum absolute atomic E-state index is 11.8. The van der Waals surface area contributed by atoms with Crippen molar-refractivity contribution in [3.8, 4) is 0 Å². The molecule has 1 saturated heterocycles. The molecule has 0 spiro atoms. The van der Waals surface area contributed by atoms with Gasteiger partial charge in [-0.1, -0.05) is 6.07 Å². The molecule has 1 aromatic rings. The van der Waals surface area contributed by atoms with Crippen LogP contribution >= 0.6 is 11.3 Å². The lowest BCUT2D eigenvalue weighted by molar-refractivity contribution is -0.147. The zero-order valence-electron chi connectivity index (χ0n) is 14.7. The van der Waals surface area contributed by atoms with Crippen molar-refractivity contribution in [2.24, 2.45) is 4.99 Å². The fourth-order valence-corrected chi connectivity index (χ4v) is 3.35. The molecule has 1 aromatic heterocycles. The standard InChI is InChI=1S/C17H26N4O3S/c1-3-18-16(20-12-17(2,24)13-6-5-11-25-13)19-9-10-21-14(22)7-4-8-15(21)23/h5-6,11,24H,3-4,7-10,12H2,1-2H3,(H2,18,19,20). The van der Waals surface area contributed by atoms with Crippen molar-refractivity contribution < 1.29 is 14.7 Å². The van der Waals surface area contributed by atoms with Crippen LogP contribution in [0.4, 0.5) is 0 Å². The zero-order valence-corrected chi connectivity index (χ0v) is 15.6. The van der Waals surface area contributed by atoms with E-state index < -0.39 is 5.60 Å². The highest BCUT2D eigenvalue weighted by Crippen LogP contribution is 2.25. The summed E-state index contributed by atoms with van der Waals surface area (Å²) in [7, 11) is 0. The highest BCUT2D eigenvalue weighted by atomic mass is 32.1. The molecule has 0 aromatic carbocycles. The number of imide groups is 1. The largest absolute Gasteiger partial charge is 0.383 e. The molecule has 1 atom stereocenters. The van der Waals surface area contributed by atoms with Crippen molar-refractivity contribution in [2.45, 2.75) is 38.7 Å². The molecule has 138 valence electrons. The van der Waals surface area contributed by atoms with Crippen molar-refractivity contribution in [3.05, 3.63) is 22.4 Å². The number of carbonyl (C=O) groups excluding carboxylic acids is 2. The van der Waals surface area contributed by atoms with Crippen molar-refractivity contribution in [3.63, 3.8) is 0 Å². The van der Waals surface area contributed by atoms with Gasteiger partial charge in [-0.2, -0.15) is 0 Å². The number of nitrogens with one attached hydrogen (secondary N) is 2. The lowest BCUT2D eigenvalue weighted by Gasteiger charge is -2.25. The Balaban J connectivity index is 1.89. The highest BCUT2D eigenvalue weighted by Gasteiger charge is 2.26. The molecule has 8 heteroatoms. The van der Waals surface area contributed by atoms with Gasteiger partial charge in [0.05, 0.1) is 6.54 Å². The first-order valence-electron chi connectivity index (χ1n) is 8.56. The number of amides is 2. The lowest BCUT2D eigenvalue weighted by Crippen LogP contribution is -2.46. The van der Waals surface area contributed by atoms with Crippen molar-refractivity contribution >= 4 is 29.1 Å². The number of rotatable bonds is 7. The number of hydrogen-bond acceptors (Lipinski definition) is 5. The van der Waals surface area contributed by atoms with E-state index in [4.69, 9.17) is 0 Å². The Morgan fingerprint density at radius 2 is 2.08 bits per heavy atom. The number of thiophene rings is 1. The normalized spacial score (nSPS) is 18.2. The van der Waals surface area contributed by atoms with Crippen LogP contribution in [-0.2, 0) is 15.2 Å². The summed E-state index contributed by atoms with van der Waals surface area (Å²) in [5.41, 5.74) is -1.03. The predicted molar refractivity (Wildman–Crippen MR) is 98.4 cm³/mol. The number of aliphatic hydroxyl groups is 1. The molecular formula is C17H26N4O3S. The van der Waals surface area contributed by atoms with Gasteiger partial charge >= 0.3 is 0 Å². The first kappa shape index (κ1) is 19.4. The molecule has 2 rings (SSSR count). The second-order valence-corrected chi connectivity index (χ2v) is 7.11. The van der Waals surface area contributed by atoms with Gasteiger partial charge in [0.1, 0.15) is 5.60 Å². The lowest BCUT2D eigenvalue weighted by atomic mass is 10.1. The number of carbonyl (C=O) groups is 2. The fourth-order valence-electron chi connectivity index (χ4n) is 2.57. The molecule has 0 bridgehead atoms. The van der Waals surface area contributed by atoms with Crippen LogP contribution in [0.2, 0.25) is 0 Å². The van der Waals surface area contributed by atoms with Gasteiger partial charge in [0.15, 0.2) is 5.96 Å². The first-order chi connectivity index (χ1) is 11.9. The molecule has 3 N–H and O–H groups in total. The van der Waals surface area contributed by atoms with Gasteiger partial charge in [0, 0.05) is 37.4 Å². The number of likely N-dealkylation sites (tertiary alicyclic amines) is 1. The predicted octanol–water partition coefficient (Wildman–Crippen LogP) is 1.05. The Hall–Kier alpha value is -1.93. The van der Waals surface area contributed by atoms with Crippen LogP contribution < -0.4 is 10.6 Å². The molecule has 1 fully saturated rings. The van der Waals surface area contributed by atoms with E-state index in [-0.39, 0.29) is 18.4 Å². The first-order valence-corrected chi connectivity index (χ1v) is 9.43. The average molecular weight is 366 g/mol. The van der Waals surface area contributed by atoms with Gasteiger partial charge in [-0.3, -0.25) is 14.5 Å². The molecule has 2 amide bonds. The maximum Gasteiger partial charge on any atom is 0.229 e. The van der Waals surface area contributed by atoms with Crippen molar-refractivity contribution in [2.75, 3.05) is 26.2 Å². The molecule has 2 heterocycles. The minimum Gasteiger partial charge on any atom is -0.383 e. The summed E-state index contributed by atoms with van der Waals surface area (Å²) in [5.74, 6) is 0.331. The third kappa shape index (κ3) is 5.54. The van der Waals surface area contributed by atoms with Crippen LogP contribution in [0.15, 0.2) is 22.5 Å². The van der Waals surface area contributed by atoms with E-state index >= 15 is 0 Å². The topological polar surface area (TPSA) is 94.0 Å². The van der Waals surface area contributed by atoms with Gasteiger partial charge in [-0.15, -0.1) is 11.3 Å². The van der Waals surface area contributed by atoms with Gasteiger partial charge in [-0.05, 0) is 31.7 Å². The van der Waals surface area contributed by atoms with Gasteiger partial charge in [0.25, 0.3) is 0 Å². The molecule has 1 unspecified atom stereocenters. The van der Waals surface area contributed by atoms with Gasteiger partial charge in [0.2, 0.25) is 11.8 Å². The molecule has 7 nitrogen and oxygen atoms in total. The number of aliphatic imine (C=N–C) groups is 1. The number of piperidine rings is 1. The van der Waals surface area contributed by atoms with E-state index in [0.717, 1.165) is 4.88 Å². The summed E-state index contributed by atoms with van der Waals surface area (Å²) in [6, 6.07) is 3.78. The summed E-state index contributed by atoms with van der Waals surface area (Å²) >= 11 is 1.49. The van der Waals surface area contributed by atoms with Crippen LogP contribution in [-0.4, -0.2) is 54.0 Å². The molecule has 0 aliphatic carbocycles. The van der Waals surface area contributed by atoms with Crippen LogP contribution in [0.5, 0.6) is 0 Å². The monoisotopic (exact) mass is 366 g/mol. The van der Waals surface area contributed by atoms with Crippen LogP contribution in [0.3, 0.4) is 0 Å². The number of guanidine groups is 1. The summed E-state index contributed by atoms with van der Waals surface area (Å²) in [6.45, 7) is 5.32. The van der Waals surface area contributed by atoms with E-state index in [9.17, 15) is 14.7 Å². The Morgan fingerprint density at radius 1 is 1.36 bits per heavy atom. The Kier molecular flexibility index (Phi) is 6.95. The minimum absolute atomic E-state index is 0.111. The van der Waals surface area contributed by atoms with Crippen LogP contribution in [0, 0.1) is 0 Å². The third-order valence-corrected chi connectivity index (χ3v) is 5.08. The van der Waals surface area contributed by atoms with Gasteiger partial charge in [-0.25, -0.2) is 4.99 Å². The summed E-state index contributed by atoms with van der Waals surface area (Å²) in [4.78, 5) is 30.2. The highest BCUT2D eigenvalue weighted by molar-refractivity contribution is 7.10. The van der Waals surface area contributed by atoms with E-state index in [1.165, 1.54) is 16.2 Å². The summed E-state index contributed by atoms with van der Waals surface area (Å²) in [5, 5.41) is 18.7. The van der Waals surface area contributed by atoms with Crippen LogP contribution in [0.25, 0.3) is 0 Å². The van der Waals surface area contributed by atoms with Crippen molar-refractivity contribution in [1.82, 2.24) is 15.5 Å². The van der Waals surface area contributed by atoms with Gasteiger partial charge < -0.3 is 15.7 Å². The van der Waals surface area contributed by atoms with E-state index in [0.29, 0.717) is 44.9 Å². The number of nitrogens with zero attached hydrogens (tertiary/aromatic N) is 2. The SMILES string of the molecule is CCNC(=NCC(C)(O)c1cccs1)NCCN1C(=O)CCCC1=O. The summed E-state index contributed by atoms with van der Waals surface area (Å²) in [6.07, 6.45) is 1.51. The molecule has 1 aliphatic heterocycles. The number of hydrogen-bond donors (Lipinski definition) is 3. The second kappa shape index (κ2) is 8.96. The summed E-state index contributed by atoms with van der Waals surface area (Å²) < 4.78 is 0. The maximum atomic E-state index is 11.8. The van der Waals surface area contributed by atoms with E-state index in [1.807, 2.05) is 24.4 Å². The molecule has 1 aliphatic rings.